The number of carbonyl (C=O) groups is 1. The lowest BCUT2D eigenvalue weighted by molar-refractivity contribution is -0.147. The molecule has 0 radical (unpaired) electrons. The van der Waals surface area contributed by atoms with Gasteiger partial charge in [-0.1, -0.05) is 40.6 Å². The number of ether oxygens (including phenoxy) is 2. The number of piperidine rings is 1. The standard InChI is InChI=1S/C22H22Cl2N2O3S/c1-22(2,29-16-8-6-14(23)7-9-16)20(27)26-12-10-15(11-13-26)28-21-25-19-17(24)4-3-5-18(19)30-21/h3-9,15H,10-13H2,1-2H3. The molecule has 2 heterocycles. The minimum Gasteiger partial charge on any atom is -0.478 e. The first kappa shape index (κ1) is 21.2. The van der Waals surface area contributed by atoms with Gasteiger partial charge in [0.05, 0.1) is 9.72 Å². The molecule has 0 bridgehead atoms. The zero-order valence-electron chi connectivity index (χ0n) is 16.7. The van der Waals surface area contributed by atoms with Crippen LogP contribution in [0.4, 0.5) is 0 Å². The molecule has 30 heavy (non-hydrogen) atoms. The van der Waals surface area contributed by atoms with Crippen LogP contribution in [0.3, 0.4) is 0 Å². The summed E-state index contributed by atoms with van der Waals surface area (Å²) in [4.78, 5) is 19.4. The molecule has 5 nitrogen and oxygen atoms in total. The lowest BCUT2D eigenvalue weighted by Gasteiger charge is -2.36. The van der Waals surface area contributed by atoms with Gasteiger partial charge in [0.15, 0.2) is 5.60 Å². The van der Waals surface area contributed by atoms with Crippen molar-refractivity contribution in [3.63, 3.8) is 0 Å². The predicted octanol–water partition coefficient (Wildman–Crippen LogP) is 5.83. The van der Waals surface area contributed by atoms with Crippen LogP contribution in [0.15, 0.2) is 42.5 Å². The van der Waals surface area contributed by atoms with E-state index in [-0.39, 0.29) is 12.0 Å². The van der Waals surface area contributed by atoms with E-state index in [1.165, 1.54) is 11.3 Å². The van der Waals surface area contributed by atoms with Crippen molar-refractivity contribution in [1.82, 2.24) is 9.88 Å². The monoisotopic (exact) mass is 464 g/mol. The fourth-order valence-corrected chi connectivity index (χ4v) is 4.79. The van der Waals surface area contributed by atoms with Gasteiger partial charge in [0, 0.05) is 31.0 Å². The first-order valence-corrected chi connectivity index (χ1v) is 11.3. The number of thiazole rings is 1. The summed E-state index contributed by atoms with van der Waals surface area (Å²) in [5, 5.41) is 1.88. The van der Waals surface area contributed by atoms with Crippen molar-refractivity contribution in [2.24, 2.45) is 0 Å². The number of hydrogen-bond donors (Lipinski definition) is 0. The molecule has 1 fully saturated rings. The number of benzene rings is 2. The largest absolute Gasteiger partial charge is 0.478 e. The molecule has 0 N–H and O–H groups in total. The lowest BCUT2D eigenvalue weighted by atomic mass is 10.0. The first-order valence-electron chi connectivity index (χ1n) is 9.77. The van der Waals surface area contributed by atoms with Gasteiger partial charge in [-0.3, -0.25) is 4.79 Å². The lowest BCUT2D eigenvalue weighted by Crippen LogP contribution is -2.52. The van der Waals surface area contributed by atoms with E-state index in [4.69, 9.17) is 32.7 Å². The number of aromatic nitrogens is 1. The highest BCUT2D eigenvalue weighted by Gasteiger charge is 2.36. The maximum atomic E-state index is 13.0. The van der Waals surface area contributed by atoms with Crippen molar-refractivity contribution in [3.05, 3.63) is 52.5 Å². The number of hydrogen-bond acceptors (Lipinski definition) is 5. The maximum absolute atomic E-state index is 13.0. The van der Waals surface area contributed by atoms with Crippen molar-refractivity contribution in [3.8, 4) is 10.9 Å². The summed E-state index contributed by atoms with van der Waals surface area (Å²) in [7, 11) is 0. The minimum atomic E-state index is -0.967. The molecule has 0 aliphatic carbocycles. The Morgan fingerprint density at radius 3 is 2.50 bits per heavy atom. The molecular weight excluding hydrogens is 443 g/mol. The van der Waals surface area contributed by atoms with Crippen LogP contribution in [-0.4, -0.2) is 40.6 Å². The van der Waals surface area contributed by atoms with Gasteiger partial charge in [-0.15, -0.1) is 0 Å². The zero-order valence-corrected chi connectivity index (χ0v) is 19.1. The Morgan fingerprint density at radius 2 is 1.83 bits per heavy atom. The third-order valence-electron chi connectivity index (χ3n) is 5.05. The van der Waals surface area contributed by atoms with E-state index in [1.807, 2.05) is 23.1 Å². The molecule has 158 valence electrons. The van der Waals surface area contributed by atoms with Gasteiger partial charge in [0.2, 0.25) is 0 Å². The van der Waals surface area contributed by atoms with Crippen LogP contribution in [0.5, 0.6) is 10.9 Å². The highest BCUT2D eigenvalue weighted by atomic mass is 35.5. The van der Waals surface area contributed by atoms with Crippen LogP contribution in [0, 0.1) is 0 Å². The molecule has 1 aromatic heterocycles. The van der Waals surface area contributed by atoms with E-state index >= 15 is 0 Å². The number of amides is 1. The van der Waals surface area contributed by atoms with Crippen LogP contribution in [0.2, 0.25) is 10.0 Å². The fraction of sp³-hybridized carbons (Fsp3) is 0.364. The molecule has 0 spiro atoms. The van der Waals surface area contributed by atoms with Gasteiger partial charge in [-0.2, -0.15) is 0 Å². The average molecular weight is 465 g/mol. The zero-order chi connectivity index (χ0) is 21.3. The van der Waals surface area contributed by atoms with E-state index in [2.05, 4.69) is 4.98 Å². The Hall–Kier alpha value is -2.02. The second-order valence-corrected chi connectivity index (χ2v) is 9.58. The minimum absolute atomic E-state index is 0.0219. The van der Waals surface area contributed by atoms with Gasteiger partial charge < -0.3 is 14.4 Å². The second-order valence-electron chi connectivity index (χ2n) is 7.74. The molecule has 1 aliphatic heterocycles. The molecule has 2 aromatic carbocycles. The third kappa shape index (κ3) is 4.66. The summed E-state index contributed by atoms with van der Waals surface area (Å²) in [6.07, 6.45) is 1.51. The molecule has 1 amide bonds. The van der Waals surface area contributed by atoms with Crippen molar-refractivity contribution in [1.29, 1.82) is 0 Å². The number of likely N-dealkylation sites (tertiary alicyclic amines) is 1. The summed E-state index contributed by atoms with van der Waals surface area (Å²) >= 11 is 13.6. The van der Waals surface area contributed by atoms with E-state index < -0.39 is 5.60 Å². The highest BCUT2D eigenvalue weighted by molar-refractivity contribution is 7.20. The van der Waals surface area contributed by atoms with Gasteiger partial charge in [-0.05, 0) is 50.2 Å². The van der Waals surface area contributed by atoms with Gasteiger partial charge in [0.25, 0.3) is 11.1 Å². The van der Waals surface area contributed by atoms with Crippen LogP contribution in [0.25, 0.3) is 10.2 Å². The Labute approximate surface area is 189 Å². The molecule has 0 saturated carbocycles. The molecule has 3 aromatic rings. The Morgan fingerprint density at radius 1 is 1.13 bits per heavy atom. The van der Waals surface area contributed by atoms with E-state index in [0.29, 0.717) is 34.1 Å². The van der Waals surface area contributed by atoms with Crippen LogP contribution in [-0.2, 0) is 4.79 Å². The number of halogens is 2. The molecule has 0 unspecified atom stereocenters. The molecule has 1 aliphatic rings. The Balaban J connectivity index is 1.34. The highest BCUT2D eigenvalue weighted by Crippen LogP contribution is 2.33. The number of carbonyl (C=O) groups excluding carboxylic acids is 1. The van der Waals surface area contributed by atoms with E-state index in [1.54, 1.807) is 38.1 Å². The van der Waals surface area contributed by atoms with Crippen LogP contribution in [0.1, 0.15) is 26.7 Å². The molecular formula is C22H22Cl2N2O3S. The summed E-state index contributed by atoms with van der Waals surface area (Å²) in [6, 6.07) is 12.7. The predicted molar refractivity (Wildman–Crippen MR) is 121 cm³/mol. The SMILES string of the molecule is CC(C)(Oc1ccc(Cl)cc1)C(=O)N1CCC(Oc2nc3c(Cl)cccc3s2)CC1. The third-order valence-corrected chi connectivity index (χ3v) is 6.52. The Kier molecular flexibility index (Phi) is 6.09. The van der Waals surface area contributed by atoms with Crippen molar-refractivity contribution < 1.29 is 14.3 Å². The van der Waals surface area contributed by atoms with Crippen molar-refractivity contribution in [2.75, 3.05) is 13.1 Å². The van der Waals surface area contributed by atoms with Crippen LogP contribution < -0.4 is 9.47 Å². The summed E-state index contributed by atoms with van der Waals surface area (Å²) in [5.41, 5.74) is -0.196. The number of fused-ring (bicyclic) bond motifs is 1. The first-order chi connectivity index (χ1) is 14.3. The number of nitrogens with zero attached hydrogens (tertiary/aromatic N) is 2. The fourth-order valence-electron chi connectivity index (χ4n) is 3.49. The summed E-state index contributed by atoms with van der Waals surface area (Å²) in [6.45, 7) is 4.81. The van der Waals surface area contributed by atoms with E-state index in [9.17, 15) is 4.79 Å². The van der Waals surface area contributed by atoms with Gasteiger partial charge >= 0.3 is 0 Å². The molecule has 0 atom stereocenters. The smallest absolute Gasteiger partial charge is 0.274 e. The average Bonchev–Trinajstić information content (AvgIpc) is 3.13. The van der Waals surface area contributed by atoms with Crippen LogP contribution >= 0.6 is 34.5 Å². The topological polar surface area (TPSA) is 51.7 Å². The number of para-hydroxylation sites is 1. The Bertz CT molecular complexity index is 1040. The second kappa shape index (κ2) is 8.61. The normalized spacial score (nSPS) is 15.4. The molecule has 8 heteroatoms. The van der Waals surface area contributed by atoms with E-state index in [0.717, 1.165) is 23.1 Å². The van der Waals surface area contributed by atoms with Crippen molar-refractivity contribution in [2.45, 2.75) is 38.4 Å². The van der Waals surface area contributed by atoms with Crippen molar-refractivity contribution >= 4 is 50.7 Å². The summed E-state index contributed by atoms with van der Waals surface area (Å²) in [5.74, 6) is 0.577. The maximum Gasteiger partial charge on any atom is 0.274 e. The molecule has 4 rings (SSSR count). The summed E-state index contributed by atoms with van der Waals surface area (Å²) < 4.78 is 13.0. The molecule has 1 saturated heterocycles. The van der Waals surface area contributed by atoms with Gasteiger partial charge in [0.1, 0.15) is 17.4 Å². The van der Waals surface area contributed by atoms with Gasteiger partial charge in [-0.25, -0.2) is 4.98 Å². The quantitative estimate of drug-likeness (QED) is 0.476. The number of rotatable bonds is 5.